The molecule has 1 atom stereocenters. The van der Waals surface area contributed by atoms with Crippen molar-refractivity contribution in [3.63, 3.8) is 0 Å². The van der Waals surface area contributed by atoms with Crippen molar-refractivity contribution >= 4 is 0 Å². The Bertz CT molecular complexity index is 476. The molecule has 2 aromatic rings. The summed E-state index contributed by atoms with van der Waals surface area (Å²) in [5.41, 5.74) is 2.92. The normalized spacial score (nSPS) is 12.6. The lowest BCUT2D eigenvalue weighted by atomic mass is 10.1. The van der Waals surface area contributed by atoms with E-state index in [4.69, 9.17) is 0 Å². The van der Waals surface area contributed by atoms with Crippen molar-refractivity contribution in [1.82, 2.24) is 14.5 Å². The number of imidazole rings is 1. The quantitative estimate of drug-likeness (QED) is 0.870. The van der Waals surface area contributed by atoms with Crippen LogP contribution in [0.4, 0.5) is 0 Å². The predicted octanol–water partition coefficient (Wildman–Crippen LogP) is 1.65. The Balaban J connectivity index is 2.07. The third kappa shape index (κ3) is 2.71. The number of aromatic nitrogens is 3. The van der Waals surface area contributed by atoms with Crippen LogP contribution in [-0.4, -0.2) is 19.6 Å². The second-order valence-electron chi connectivity index (χ2n) is 4.16. The molecule has 90 valence electrons. The van der Waals surface area contributed by atoms with Gasteiger partial charge in [-0.05, 0) is 18.1 Å². The number of aryl methyl sites for hydroxylation is 2. The van der Waals surface area contributed by atoms with Crippen molar-refractivity contribution in [2.75, 3.05) is 0 Å². The highest BCUT2D eigenvalue weighted by atomic mass is 16.3. The van der Waals surface area contributed by atoms with Gasteiger partial charge in [0.15, 0.2) is 0 Å². The van der Waals surface area contributed by atoms with Crippen LogP contribution in [0.1, 0.15) is 30.0 Å². The van der Waals surface area contributed by atoms with Gasteiger partial charge in [-0.3, -0.25) is 4.98 Å². The molecule has 0 aliphatic rings. The van der Waals surface area contributed by atoms with Crippen LogP contribution in [0.3, 0.4) is 0 Å². The molecule has 1 N–H and O–H groups in total. The molecule has 0 saturated carbocycles. The molecule has 0 bridgehead atoms. The molecule has 2 heterocycles. The Morgan fingerprint density at radius 3 is 2.71 bits per heavy atom. The van der Waals surface area contributed by atoms with E-state index < -0.39 is 6.10 Å². The molecule has 0 radical (unpaired) electrons. The number of hydrogen-bond donors (Lipinski definition) is 1. The SMILES string of the molecule is CCc1ccc(CC(O)c2cncn2C)nc1. The highest BCUT2D eigenvalue weighted by Gasteiger charge is 2.12. The second-order valence-corrected chi connectivity index (χ2v) is 4.16. The molecule has 2 aromatic heterocycles. The maximum absolute atomic E-state index is 10.1. The third-order valence-electron chi connectivity index (χ3n) is 2.89. The van der Waals surface area contributed by atoms with Crippen LogP contribution >= 0.6 is 0 Å². The first-order valence-electron chi connectivity index (χ1n) is 5.78. The fraction of sp³-hybridized carbons (Fsp3) is 0.385. The lowest BCUT2D eigenvalue weighted by Crippen LogP contribution is -2.07. The summed E-state index contributed by atoms with van der Waals surface area (Å²) in [6.45, 7) is 2.10. The zero-order valence-corrected chi connectivity index (χ0v) is 10.2. The smallest absolute Gasteiger partial charge is 0.101 e. The van der Waals surface area contributed by atoms with Gasteiger partial charge >= 0.3 is 0 Å². The fourth-order valence-corrected chi connectivity index (χ4v) is 1.78. The molecule has 4 heteroatoms. The molecule has 0 aliphatic carbocycles. The van der Waals surface area contributed by atoms with Crippen LogP contribution in [0.5, 0.6) is 0 Å². The van der Waals surface area contributed by atoms with Gasteiger partial charge in [-0.2, -0.15) is 0 Å². The molecule has 0 amide bonds. The Hall–Kier alpha value is -1.68. The maximum Gasteiger partial charge on any atom is 0.101 e. The van der Waals surface area contributed by atoms with E-state index in [1.807, 2.05) is 23.9 Å². The van der Waals surface area contributed by atoms with Gasteiger partial charge in [0, 0.05) is 25.4 Å². The Morgan fingerprint density at radius 2 is 2.18 bits per heavy atom. The van der Waals surface area contributed by atoms with E-state index in [0.717, 1.165) is 17.8 Å². The molecule has 4 nitrogen and oxygen atoms in total. The van der Waals surface area contributed by atoms with Gasteiger partial charge in [-0.25, -0.2) is 4.98 Å². The van der Waals surface area contributed by atoms with Crippen LogP contribution in [0.2, 0.25) is 0 Å². The van der Waals surface area contributed by atoms with E-state index in [1.54, 1.807) is 12.5 Å². The summed E-state index contributed by atoms with van der Waals surface area (Å²) < 4.78 is 1.82. The molecule has 1 unspecified atom stereocenters. The molecule has 0 fully saturated rings. The Morgan fingerprint density at radius 1 is 1.35 bits per heavy atom. The van der Waals surface area contributed by atoms with Gasteiger partial charge in [0.2, 0.25) is 0 Å². The summed E-state index contributed by atoms with van der Waals surface area (Å²) in [6.07, 6.45) is 6.19. The highest BCUT2D eigenvalue weighted by molar-refractivity contribution is 5.16. The summed E-state index contributed by atoms with van der Waals surface area (Å²) in [7, 11) is 1.87. The van der Waals surface area contributed by atoms with E-state index in [0.29, 0.717) is 6.42 Å². The standard InChI is InChI=1S/C13H17N3O/c1-3-10-4-5-11(15-7-10)6-13(17)12-8-14-9-16(12)2/h4-5,7-9,13,17H,3,6H2,1-2H3. The molecule has 0 spiro atoms. The first-order chi connectivity index (χ1) is 8.20. The summed E-state index contributed by atoms with van der Waals surface area (Å²) in [5.74, 6) is 0. The summed E-state index contributed by atoms with van der Waals surface area (Å²) in [4.78, 5) is 8.33. The van der Waals surface area contributed by atoms with E-state index >= 15 is 0 Å². The largest absolute Gasteiger partial charge is 0.386 e. The van der Waals surface area contributed by atoms with Crippen LogP contribution < -0.4 is 0 Å². The minimum Gasteiger partial charge on any atom is -0.386 e. The monoisotopic (exact) mass is 231 g/mol. The number of rotatable bonds is 4. The second kappa shape index (κ2) is 5.10. The van der Waals surface area contributed by atoms with Gasteiger partial charge in [-0.1, -0.05) is 13.0 Å². The first-order valence-corrected chi connectivity index (χ1v) is 5.78. The average molecular weight is 231 g/mol. The summed E-state index contributed by atoms with van der Waals surface area (Å²) >= 11 is 0. The highest BCUT2D eigenvalue weighted by Crippen LogP contribution is 2.16. The lowest BCUT2D eigenvalue weighted by molar-refractivity contribution is 0.169. The van der Waals surface area contributed by atoms with Gasteiger partial charge in [0.25, 0.3) is 0 Å². The zero-order valence-electron chi connectivity index (χ0n) is 10.2. The molecule has 2 rings (SSSR count). The van der Waals surface area contributed by atoms with Crippen molar-refractivity contribution in [3.05, 3.63) is 47.8 Å². The number of aliphatic hydroxyl groups is 1. The first kappa shape index (κ1) is 11.8. The Kier molecular flexibility index (Phi) is 3.54. The maximum atomic E-state index is 10.1. The van der Waals surface area contributed by atoms with Crippen LogP contribution in [0, 0.1) is 0 Å². The van der Waals surface area contributed by atoms with Crippen LogP contribution in [0.15, 0.2) is 30.9 Å². The van der Waals surface area contributed by atoms with Crippen molar-refractivity contribution in [2.45, 2.75) is 25.9 Å². The van der Waals surface area contributed by atoms with E-state index in [9.17, 15) is 5.11 Å². The summed E-state index contributed by atoms with van der Waals surface area (Å²) in [6, 6.07) is 4.02. The Labute approximate surface area is 101 Å². The molecular weight excluding hydrogens is 214 g/mol. The zero-order chi connectivity index (χ0) is 12.3. The third-order valence-corrected chi connectivity index (χ3v) is 2.89. The lowest BCUT2D eigenvalue weighted by Gasteiger charge is -2.10. The van der Waals surface area contributed by atoms with Crippen molar-refractivity contribution in [3.8, 4) is 0 Å². The number of hydrogen-bond acceptors (Lipinski definition) is 3. The molecule has 0 aromatic carbocycles. The minimum absolute atomic E-state index is 0.517. The molecule has 17 heavy (non-hydrogen) atoms. The van der Waals surface area contributed by atoms with Crippen molar-refractivity contribution in [1.29, 1.82) is 0 Å². The van der Waals surface area contributed by atoms with E-state index in [1.165, 1.54) is 5.56 Å². The number of pyridine rings is 1. The van der Waals surface area contributed by atoms with Gasteiger partial charge in [0.1, 0.15) is 6.10 Å². The molecule has 0 saturated heterocycles. The minimum atomic E-state index is -0.553. The average Bonchev–Trinajstić information content (AvgIpc) is 2.76. The molecular formula is C13H17N3O. The number of nitrogens with zero attached hydrogens (tertiary/aromatic N) is 3. The van der Waals surface area contributed by atoms with Gasteiger partial charge in [0.05, 0.1) is 18.2 Å². The van der Waals surface area contributed by atoms with Crippen LogP contribution in [0.25, 0.3) is 0 Å². The van der Waals surface area contributed by atoms with Crippen molar-refractivity contribution < 1.29 is 5.11 Å². The van der Waals surface area contributed by atoms with E-state index in [2.05, 4.69) is 23.0 Å². The fourth-order valence-electron chi connectivity index (χ4n) is 1.78. The number of aliphatic hydroxyl groups excluding tert-OH is 1. The van der Waals surface area contributed by atoms with Crippen LogP contribution in [-0.2, 0) is 19.9 Å². The summed E-state index contributed by atoms with van der Waals surface area (Å²) in [5, 5.41) is 10.1. The topological polar surface area (TPSA) is 50.9 Å². The predicted molar refractivity (Wildman–Crippen MR) is 65.5 cm³/mol. The molecule has 0 aliphatic heterocycles. The van der Waals surface area contributed by atoms with E-state index in [-0.39, 0.29) is 0 Å². The van der Waals surface area contributed by atoms with Crippen molar-refractivity contribution in [2.24, 2.45) is 7.05 Å². The van der Waals surface area contributed by atoms with Gasteiger partial charge < -0.3 is 9.67 Å². The van der Waals surface area contributed by atoms with Gasteiger partial charge in [-0.15, -0.1) is 0 Å².